The average molecular weight is 372 g/mol. The standard InChI is InChI=1S/C20H28N4O3/c1-14-11-17(14)20(27)21-12-18(25)22-16-7-9-24(10-8-16)13-19(26)23-15-5-3-2-4-6-15/h2-6,14,16-17H,7-13H2,1H3,(H,21,27)(H,22,25)(H,23,26). The minimum absolute atomic E-state index is 0.0168. The highest BCUT2D eigenvalue weighted by Crippen LogP contribution is 2.37. The number of nitrogens with zero attached hydrogens (tertiary/aromatic N) is 1. The summed E-state index contributed by atoms with van der Waals surface area (Å²) < 4.78 is 0. The molecule has 0 spiro atoms. The quantitative estimate of drug-likeness (QED) is 0.665. The second-order valence-corrected chi connectivity index (χ2v) is 7.57. The number of carbonyl (C=O) groups is 3. The molecule has 3 amide bonds. The van der Waals surface area contributed by atoms with E-state index in [1.54, 1.807) is 0 Å². The first kappa shape index (κ1) is 19.4. The van der Waals surface area contributed by atoms with E-state index in [9.17, 15) is 14.4 Å². The van der Waals surface area contributed by atoms with Gasteiger partial charge in [0, 0.05) is 30.7 Å². The molecule has 7 nitrogen and oxygen atoms in total. The van der Waals surface area contributed by atoms with E-state index in [1.165, 1.54) is 0 Å². The van der Waals surface area contributed by atoms with Crippen LogP contribution in [0.5, 0.6) is 0 Å². The first-order valence-corrected chi connectivity index (χ1v) is 9.65. The topological polar surface area (TPSA) is 90.5 Å². The van der Waals surface area contributed by atoms with E-state index in [2.05, 4.69) is 20.9 Å². The minimum Gasteiger partial charge on any atom is -0.352 e. The molecule has 1 aromatic rings. The second kappa shape index (κ2) is 8.99. The second-order valence-electron chi connectivity index (χ2n) is 7.57. The van der Waals surface area contributed by atoms with Gasteiger partial charge in [0.25, 0.3) is 0 Å². The zero-order chi connectivity index (χ0) is 19.2. The van der Waals surface area contributed by atoms with Gasteiger partial charge in [-0.2, -0.15) is 0 Å². The Morgan fingerprint density at radius 3 is 2.37 bits per heavy atom. The van der Waals surface area contributed by atoms with Crippen LogP contribution in [0.3, 0.4) is 0 Å². The van der Waals surface area contributed by atoms with Crippen molar-refractivity contribution in [2.24, 2.45) is 11.8 Å². The lowest BCUT2D eigenvalue weighted by Gasteiger charge is -2.31. The van der Waals surface area contributed by atoms with Gasteiger partial charge in [0.15, 0.2) is 0 Å². The van der Waals surface area contributed by atoms with Gasteiger partial charge in [0.05, 0.1) is 13.1 Å². The van der Waals surface area contributed by atoms with Crippen molar-refractivity contribution in [2.75, 3.05) is 31.5 Å². The van der Waals surface area contributed by atoms with Crippen LogP contribution >= 0.6 is 0 Å². The van der Waals surface area contributed by atoms with Gasteiger partial charge in [0.2, 0.25) is 17.7 Å². The van der Waals surface area contributed by atoms with Crippen LogP contribution in [-0.2, 0) is 14.4 Å². The maximum Gasteiger partial charge on any atom is 0.239 e. The Morgan fingerprint density at radius 2 is 1.74 bits per heavy atom. The lowest BCUT2D eigenvalue weighted by Crippen LogP contribution is -2.48. The van der Waals surface area contributed by atoms with Crippen LogP contribution in [0.25, 0.3) is 0 Å². The van der Waals surface area contributed by atoms with Crippen molar-refractivity contribution in [1.29, 1.82) is 0 Å². The van der Waals surface area contributed by atoms with Crippen molar-refractivity contribution in [3.05, 3.63) is 30.3 Å². The third-order valence-electron chi connectivity index (χ3n) is 5.25. The minimum atomic E-state index is -0.142. The van der Waals surface area contributed by atoms with Gasteiger partial charge in [-0.15, -0.1) is 0 Å². The van der Waals surface area contributed by atoms with E-state index in [4.69, 9.17) is 0 Å². The summed E-state index contributed by atoms with van der Waals surface area (Å²) >= 11 is 0. The fraction of sp³-hybridized carbons (Fsp3) is 0.550. The van der Waals surface area contributed by atoms with Crippen LogP contribution in [0.1, 0.15) is 26.2 Å². The molecule has 1 saturated carbocycles. The van der Waals surface area contributed by atoms with E-state index >= 15 is 0 Å². The largest absolute Gasteiger partial charge is 0.352 e. The number of para-hydroxylation sites is 1. The predicted octanol–water partition coefficient (Wildman–Crippen LogP) is 0.978. The molecule has 3 N–H and O–H groups in total. The number of hydrogen-bond acceptors (Lipinski definition) is 4. The third-order valence-corrected chi connectivity index (χ3v) is 5.25. The van der Waals surface area contributed by atoms with E-state index in [0.29, 0.717) is 12.5 Å². The molecule has 1 aromatic carbocycles. The van der Waals surface area contributed by atoms with E-state index in [-0.39, 0.29) is 36.2 Å². The molecule has 2 atom stereocenters. The van der Waals surface area contributed by atoms with Crippen LogP contribution in [0.4, 0.5) is 5.69 Å². The number of rotatable bonds is 7. The number of piperidine rings is 1. The Labute approximate surface area is 159 Å². The van der Waals surface area contributed by atoms with Gasteiger partial charge in [-0.25, -0.2) is 0 Å². The van der Waals surface area contributed by atoms with E-state index in [0.717, 1.165) is 38.0 Å². The fourth-order valence-corrected chi connectivity index (χ4v) is 3.43. The van der Waals surface area contributed by atoms with Crippen LogP contribution in [0, 0.1) is 11.8 Å². The molecule has 0 radical (unpaired) electrons. The molecule has 1 aliphatic heterocycles. The van der Waals surface area contributed by atoms with Crippen molar-refractivity contribution in [1.82, 2.24) is 15.5 Å². The number of hydrogen-bond donors (Lipinski definition) is 3. The summed E-state index contributed by atoms with van der Waals surface area (Å²) in [5, 5.41) is 8.57. The molecule has 0 aromatic heterocycles. The number of amides is 3. The number of anilines is 1. The molecule has 146 valence electrons. The molecule has 2 fully saturated rings. The number of likely N-dealkylation sites (tertiary alicyclic amines) is 1. The van der Waals surface area contributed by atoms with Crippen molar-refractivity contribution in [3.63, 3.8) is 0 Å². The third kappa shape index (κ3) is 6.06. The summed E-state index contributed by atoms with van der Waals surface area (Å²) in [6, 6.07) is 9.51. The molecule has 0 bridgehead atoms. The maximum absolute atomic E-state index is 12.1. The molecule has 7 heteroatoms. The van der Waals surface area contributed by atoms with Gasteiger partial charge >= 0.3 is 0 Å². The molecule has 27 heavy (non-hydrogen) atoms. The van der Waals surface area contributed by atoms with E-state index < -0.39 is 0 Å². The van der Waals surface area contributed by atoms with Gasteiger partial charge in [-0.05, 0) is 37.3 Å². The fourth-order valence-electron chi connectivity index (χ4n) is 3.43. The Morgan fingerprint density at radius 1 is 1.07 bits per heavy atom. The highest BCUT2D eigenvalue weighted by Gasteiger charge is 2.39. The summed E-state index contributed by atoms with van der Waals surface area (Å²) in [5.41, 5.74) is 0.798. The number of nitrogens with one attached hydrogen (secondary N) is 3. The van der Waals surface area contributed by atoms with E-state index in [1.807, 2.05) is 37.3 Å². The first-order valence-electron chi connectivity index (χ1n) is 9.65. The van der Waals surface area contributed by atoms with Gasteiger partial charge in [-0.1, -0.05) is 25.1 Å². The molecular formula is C20H28N4O3. The lowest BCUT2D eigenvalue weighted by atomic mass is 10.0. The molecule has 1 aliphatic carbocycles. The molecule has 2 unspecified atom stereocenters. The number of carbonyl (C=O) groups excluding carboxylic acids is 3. The molecule has 1 heterocycles. The SMILES string of the molecule is CC1CC1C(=O)NCC(=O)NC1CCN(CC(=O)Nc2ccccc2)CC1. The van der Waals surface area contributed by atoms with Crippen molar-refractivity contribution in [3.8, 4) is 0 Å². The summed E-state index contributed by atoms with van der Waals surface area (Å²) in [5.74, 6) is 0.342. The normalized spacial score (nSPS) is 22.7. The van der Waals surface area contributed by atoms with Gasteiger partial charge in [-0.3, -0.25) is 19.3 Å². The summed E-state index contributed by atoms with van der Waals surface area (Å²) in [7, 11) is 0. The molecule has 1 saturated heterocycles. The van der Waals surface area contributed by atoms with Crippen LogP contribution in [-0.4, -0.2) is 54.8 Å². The number of benzene rings is 1. The van der Waals surface area contributed by atoms with Crippen LogP contribution in [0.2, 0.25) is 0 Å². The molecular weight excluding hydrogens is 344 g/mol. The maximum atomic E-state index is 12.1. The van der Waals surface area contributed by atoms with Gasteiger partial charge in [0.1, 0.15) is 0 Å². The molecule has 3 rings (SSSR count). The zero-order valence-electron chi connectivity index (χ0n) is 15.7. The smallest absolute Gasteiger partial charge is 0.239 e. The average Bonchev–Trinajstić information content (AvgIpc) is 3.39. The Kier molecular flexibility index (Phi) is 6.45. The monoisotopic (exact) mass is 372 g/mol. The summed E-state index contributed by atoms with van der Waals surface area (Å²) in [4.78, 5) is 38.0. The van der Waals surface area contributed by atoms with Gasteiger partial charge < -0.3 is 16.0 Å². The zero-order valence-corrected chi connectivity index (χ0v) is 15.7. The Bertz CT molecular complexity index is 671. The van der Waals surface area contributed by atoms with Crippen LogP contribution in [0.15, 0.2) is 30.3 Å². The highest BCUT2D eigenvalue weighted by molar-refractivity contribution is 5.92. The highest BCUT2D eigenvalue weighted by atomic mass is 16.2. The van der Waals surface area contributed by atoms with Crippen molar-refractivity contribution >= 4 is 23.4 Å². The summed E-state index contributed by atoms with van der Waals surface area (Å²) in [6.45, 7) is 3.96. The predicted molar refractivity (Wildman–Crippen MR) is 103 cm³/mol. The first-order chi connectivity index (χ1) is 13.0. The van der Waals surface area contributed by atoms with Crippen molar-refractivity contribution in [2.45, 2.75) is 32.2 Å². The lowest BCUT2D eigenvalue weighted by molar-refractivity contribution is -0.127. The summed E-state index contributed by atoms with van der Waals surface area (Å²) in [6.07, 6.45) is 2.53. The molecule has 2 aliphatic rings. The Hall–Kier alpha value is -2.41. The Balaban J connectivity index is 1.31. The van der Waals surface area contributed by atoms with Crippen molar-refractivity contribution < 1.29 is 14.4 Å². The van der Waals surface area contributed by atoms with Crippen LogP contribution < -0.4 is 16.0 Å².